The van der Waals surface area contributed by atoms with Crippen LogP contribution in [0.4, 0.5) is 5.69 Å². The van der Waals surface area contributed by atoms with Crippen LogP contribution >= 0.6 is 0 Å². The molecule has 0 aliphatic rings. The summed E-state index contributed by atoms with van der Waals surface area (Å²) >= 11 is 0. The largest absolute Gasteiger partial charge is 0.484 e. The molecule has 2 aromatic carbocycles. The molecule has 1 amide bonds. The van der Waals surface area contributed by atoms with Gasteiger partial charge in [0.15, 0.2) is 6.61 Å². The van der Waals surface area contributed by atoms with Gasteiger partial charge in [0, 0.05) is 5.69 Å². The van der Waals surface area contributed by atoms with E-state index < -0.39 is 5.97 Å². The number of aryl methyl sites for hydroxylation is 2. The highest BCUT2D eigenvalue weighted by Gasteiger charge is 2.09. The second kappa shape index (κ2) is 8.15. The summed E-state index contributed by atoms with van der Waals surface area (Å²) in [5.41, 5.74) is 3.28. The van der Waals surface area contributed by atoms with E-state index in [1.807, 2.05) is 32.0 Å². The lowest BCUT2D eigenvalue weighted by Gasteiger charge is -2.10. The van der Waals surface area contributed by atoms with Crippen molar-refractivity contribution in [1.82, 2.24) is 0 Å². The predicted molar refractivity (Wildman–Crippen MR) is 92.4 cm³/mol. The number of rotatable bonds is 6. The quantitative estimate of drug-likeness (QED) is 0.825. The minimum Gasteiger partial charge on any atom is -0.484 e. The van der Waals surface area contributed by atoms with E-state index >= 15 is 0 Å². The molecule has 2 aromatic rings. The smallest absolute Gasteiger partial charge is 0.338 e. The van der Waals surface area contributed by atoms with Crippen LogP contribution in [0.3, 0.4) is 0 Å². The summed E-state index contributed by atoms with van der Waals surface area (Å²) in [6.45, 7) is 5.86. The van der Waals surface area contributed by atoms with Crippen LogP contribution in [0.1, 0.15) is 28.4 Å². The average Bonchev–Trinajstić information content (AvgIpc) is 2.52. The Morgan fingerprint density at radius 2 is 1.75 bits per heavy atom. The summed E-state index contributed by atoms with van der Waals surface area (Å²) in [6.07, 6.45) is 0. The Bertz CT molecular complexity index is 720. The Morgan fingerprint density at radius 1 is 1.04 bits per heavy atom. The number of benzene rings is 2. The lowest BCUT2D eigenvalue weighted by atomic mass is 10.1. The Balaban J connectivity index is 1.94. The molecule has 0 spiro atoms. The van der Waals surface area contributed by atoms with Crippen molar-refractivity contribution in [3.8, 4) is 5.75 Å². The molecular formula is C19H21NO4. The van der Waals surface area contributed by atoms with Gasteiger partial charge in [0.2, 0.25) is 0 Å². The number of nitrogens with one attached hydrogen (secondary N) is 1. The number of amides is 1. The Kier molecular flexibility index (Phi) is 5.95. The molecule has 0 aliphatic carbocycles. The van der Waals surface area contributed by atoms with Crippen LogP contribution < -0.4 is 10.1 Å². The van der Waals surface area contributed by atoms with Crippen molar-refractivity contribution < 1.29 is 19.1 Å². The van der Waals surface area contributed by atoms with E-state index in [0.29, 0.717) is 17.9 Å². The predicted octanol–water partition coefficient (Wildman–Crippen LogP) is 3.50. The van der Waals surface area contributed by atoms with Crippen LogP contribution in [0, 0.1) is 13.8 Å². The van der Waals surface area contributed by atoms with Crippen LogP contribution in [0.25, 0.3) is 0 Å². The maximum atomic E-state index is 12.0. The van der Waals surface area contributed by atoms with Gasteiger partial charge >= 0.3 is 5.97 Å². The fourth-order valence-corrected chi connectivity index (χ4v) is 2.32. The van der Waals surface area contributed by atoms with Crippen LogP contribution in [0.5, 0.6) is 5.75 Å². The van der Waals surface area contributed by atoms with E-state index in [-0.39, 0.29) is 12.5 Å². The van der Waals surface area contributed by atoms with E-state index in [4.69, 9.17) is 9.47 Å². The van der Waals surface area contributed by atoms with Crippen LogP contribution in [-0.4, -0.2) is 25.1 Å². The molecule has 0 bridgehead atoms. The van der Waals surface area contributed by atoms with E-state index in [1.165, 1.54) is 0 Å². The Labute approximate surface area is 141 Å². The maximum Gasteiger partial charge on any atom is 0.338 e. The highest BCUT2D eigenvalue weighted by molar-refractivity contribution is 5.92. The monoisotopic (exact) mass is 327 g/mol. The number of esters is 1. The summed E-state index contributed by atoms with van der Waals surface area (Å²) in [5.74, 6) is -0.236. The molecule has 2 rings (SSSR count). The van der Waals surface area contributed by atoms with E-state index in [2.05, 4.69) is 5.32 Å². The zero-order valence-corrected chi connectivity index (χ0v) is 14.1. The molecule has 5 nitrogen and oxygen atoms in total. The molecule has 0 saturated heterocycles. The zero-order chi connectivity index (χ0) is 17.5. The first-order valence-electron chi connectivity index (χ1n) is 7.76. The van der Waals surface area contributed by atoms with Crippen molar-refractivity contribution in [3.05, 3.63) is 59.2 Å². The van der Waals surface area contributed by atoms with Gasteiger partial charge in [0.1, 0.15) is 5.75 Å². The average molecular weight is 327 g/mol. The van der Waals surface area contributed by atoms with Gasteiger partial charge in [0.05, 0.1) is 12.2 Å². The Morgan fingerprint density at radius 3 is 2.42 bits per heavy atom. The molecule has 0 radical (unpaired) electrons. The molecule has 1 N–H and O–H groups in total. The summed E-state index contributed by atoms with van der Waals surface area (Å²) in [6, 6.07) is 12.4. The zero-order valence-electron chi connectivity index (χ0n) is 14.1. The number of carbonyl (C=O) groups excluding carboxylic acids is 2. The summed E-state index contributed by atoms with van der Waals surface area (Å²) < 4.78 is 10.4. The number of anilines is 1. The molecule has 24 heavy (non-hydrogen) atoms. The van der Waals surface area contributed by atoms with Crippen molar-refractivity contribution in [2.75, 3.05) is 18.5 Å². The van der Waals surface area contributed by atoms with E-state index in [9.17, 15) is 9.59 Å². The second-order valence-corrected chi connectivity index (χ2v) is 5.46. The molecule has 0 aliphatic heterocycles. The van der Waals surface area contributed by atoms with Gasteiger partial charge in [-0.25, -0.2) is 4.79 Å². The fourth-order valence-electron chi connectivity index (χ4n) is 2.32. The maximum absolute atomic E-state index is 12.0. The normalized spacial score (nSPS) is 10.1. The van der Waals surface area contributed by atoms with Gasteiger partial charge in [-0.2, -0.15) is 0 Å². The van der Waals surface area contributed by atoms with Crippen LogP contribution in [0.2, 0.25) is 0 Å². The lowest BCUT2D eigenvalue weighted by Crippen LogP contribution is -2.20. The highest BCUT2D eigenvalue weighted by atomic mass is 16.5. The van der Waals surface area contributed by atoms with Gasteiger partial charge in [-0.05, 0) is 62.2 Å². The molecular weight excluding hydrogens is 306 g/mol. The van der Waals surface area contributed by atoms with Gasteiger partial charge in [-0.15, -0.1) is 0 Å². The number of carbonyl (C=O) groups is 2. The van der Waals surface area contributed by atoms with Gasteiger partial charge < -0.3 is 14.8 Å². The Hall–Kier alpha value is -2.82. The fraction of sp³-hybridized carbons (Fsp3) is 0.263. The van der Waals surface area contributed by atoms with Gasteiger partial charge in [-0.3, -0.25) is 4.79 Å². The molecule has 0 aromatic heterocycles. The summed E-state index contributed by atoms with van der Waals surface area (Å²) in [4.78, 5) is 23.7. The van der Waals surface area contributed by atoms with Crippen LogP contribution in [0.15, 0.2) is 42.5 Å². The first-order valence-corrected chi connectivity index (χ1v) is 7.76. The van der Waals surface area contributed by atoms with Crippen molar-refractivity contribution >= 4 is 17.6 Å². The van der Waals surface area contributed by atoms with Crippen molar-refractivity contribution in [2.45, 2.75) is 20.8 Å². The van der Waals surface area contributed by atoms with E-state index in [1.54, 1.807) is 31.2 Å². The summed E-state index contributed by atoms with van der Waals surface area (Å²) in [5, 5.41) is 2.80. The van der Waals surface area contributed by atoms with E-state index in [0.717, 1.165) is 16.8 Å². The molecule has 0 heterocycles. The third-order valence-electron chi connectivity index (χ3n) is 3.22. The number of hydrogen-bond acceptors (Lipinski definition) is 4. The van der Waals surface area contributed by atoms with Crippen molar-refractivity contribution in [1.29, 1.82) is 0 Å². The van der Waals surface area contributed by atoms with Gasteiger partial charge in [0.25, 0.3) is 5.91 Å². The number of ether oxygens (including phenoxy) is 2. The molecule has 0 unspecified atom stereocenters. The van der Waals surface area contributed by atoms with Crippen molar-refractivity contribution in [3.63, 3.8) is 0 Å². The first-order chi connectivity index (χ1) is 11.5. The van der Waals surface area contributed by atoms with Gasteiger partial charge in [-0.1, -0.05) is 12.1 Å². The standard InChI is InChI=1S/C19H21NO4/c1-4-23-19(22)15-6-5-7-17(11-15)24-12-18(21)20-16-9-13(2)8-14(3)10-16/h5-11H,4,12H2,1-3H3,(H,20,21). The molecule has 0 saturated carbocycles. The molecule has 5 heteroatoms. The second-order valence-electron chi connectivity index (χ2n) is 5.46. The highest BCUT2D eigenvalue weighted by Crippen LogP contribution is 2.16. The number of hydrogen-bond donors (Lipinski definition) is 1. The lowest BCUT2D eigenvalue weighted by molar-refractivity contribution is -0.118. The van der Waals surface area contributed by atoms with Crippen LogP contribution in [-0.2, 0) is 9.53 Å². The van der Waals surface area contributed by atoms with Crippen molar-refractivity contribution in [2.24, 2.45) is 0 Å². The summed E-state index contributed by atoms with van der Waals surface area (Å²) in [7, 11) is 0. The molecule has 126 valence electrons. The third kappa shape index (κ3) is 5.12. The first kappa shape index (κ1) is 17.5. The minimum absolute atomic E-state index is 0.140. The third-order valence-corrected chi connectivity index (χ3v) is 3.22. The topological polar surface area (TPSA) is 64.6 Å². The minimum atomic E-state index is -0.414. The SMILES string of the molecule is CCOC(=O)c1cccc(OCC(=O)Nc2cc(C)cc(C)c2)c1. The molecule has 0 fully saturated rings. The molecule has 0 atom stereocenters.